The molecule has 4 heteroatoms. The Labute approximate surface area is 126 Å². The molecule has 1 fully saturated rings. The average molecular weight is 291 g/mol. The summed E-state index contributed by atoms with van der Waals surface area (Å²) in [5.74, 6) is 0.140. The molecule has 1 unspecified atom stereocenters. The Balaban J connectivity index is 2.03. The fraction of sp³-hybridized carbons (Fsp3) is 0.588. The number of hydrogen-bond acceptors (Lipinski definition) is 3. The second-order valence-electron chi connectivity index (χ2n) is 6.29. The van der Waals surface area contributed by atoms with Crippen LogP contribution in [0.3, 0.4) is 0 Å². The van der Waals surface area contributed by atoms with E-state index < -0.39 is 5.97 Å². The van der Waals surface area contributed by atoms with Crippen molar-refractivity contribution in [3.63, 3.8) is 0 Å². The van der Waals surface area contributed by atoms with Gasteiger partial charge in [-0.05, 0) is 44.4 Å². The summed E-state index contributed by atoms with van der Waals surface area (Å²) in [6, 6.07) is 8.34. The molecule has 0 radical (unpaired) electrons. The number of carboxylic acid groups (broad SMARTS) is 1. The van der Waals surface area contributed by atoms with Crippen LogP contribution in [0, 0.1) is 11.8 Å². The molecule has 0 spiro atoms. The van der Waals surface area contributed by atoms with Gasteiger partial charge >= 0.3 is 5.97 Å². The van der Waals surface area contributed by atoms with E-state index in [-0.39, 0.29) is 24.0 Å². The van der Waals surface area contributed by atoms with Crippen molar-refractivity contribution < 1.29 is 14.6 Å². The van der Waals surface area contributed by atoms with Crippen LogP contribution in [-0.4, -0.2) is 35.2 Å². The van der Waals surface area contributed by atoms with Gasteiger partial charge in [-0.1, -0.05) is 19.1 Å². The summed E-state index contributed by atoms with van der Waals surface area (Å²) < 4.78 is 5.65. The number of carbonyl (C=O) groups is 1. The van der Waals surface area contributed by atoms with E-state index in [0.717, 1.165) is 12.3 Å². The Hall–Kier alpha value is -1.55. The van der Waals surface area contributed by atoms with Gasteiger partial charge in [0.15, 0.2) is 0 Å². The molecule has 1 N–H and O–H groups in total. The minimum absolute atomic E-state index is 0.170. The number of ether oxygens (including phenoxy) is 1. The number of benzene rings is 1. The summed E-state index contributed by atoms with van der Waals surface area (Å²) in [5.41, 5.74) is 1.20. The maximum absolute atomic E-state index is 11.2. The molecule has 0 aliphatic carbocycles. The molecule has 116 valence electrons. The molecule has 0 amide bonds. The summed E-state index contributed by atoms with van der Waals surface area (Å²) in [6.45, 7) is 9.63. The predicted octanol–water partition coefficient (Wildman–Crippen LogP) is 3.19. The van der Waals surface area contributed by atoms with Gasteiger partial charge in [0.25, 0.3) is 0 Å². The molecule has 0 saturated carbocycles. The van der Waals surface area contributed by atoms with Crippen LogP contribution in [-0.2, 0) is 4.79 Å². The van der Waals surface area contributed by atoms with Gasteiger partial charge in [-0.3, -0.25) is 9.69 Å². The first-order valence-corrected chi connectivity index (χ1v) is 7.62. The highest BCUT2D eigenvalue weighted by Crippen LogP contribution is 2.31. The van der Waals surface area contributed by atoms with Crippen LogP contribution in [0.4, 0.5) is 0 Å². The summed E-state index contributed by atoms with van der Waals surface area (Å²) in [7, 11) is 0. The van der Waals surface area contributed by atoms with Crippen molar-refractivity contribution in [1.29, 1.82) is 0 Å². The molecule has 2 rings (SSSR count). The van der Waals surface area contributed by atoms with Crippen LogP contribution in [0.25, 0.3) is 0 Å². The largest absolute Gasteiger partial charge is 0.491 e. The average Bonchev–Trinajstić information content (AvgIpc) is 2.80. The number of nitrogens with zero attached hydrogens (tertiary/aromatic N) is 1. The van der Waals surface area contributed by atoms with E-state index in [1.165, 1.54) is 5.56 Å². The first-order valence-electron chi connectivity index (χ1n) is 7.62. The summed E-state index contributed by atoms with van der Waals surface area (Å²) >= 11 is 0. The van der Waals surface area contributed by atoms with Crippen LogP contribution in [0.1, 0.15) is 39.3 Å². The van der Waals surface area contributed by atoms with E-state index in [1.54, 1.807) is 0 Å². The zero-order chi connectivity index (χ0) is 15.6. The van der Waals surface area contributed by atoms with E-state index in [9.17, 15) is 9.90 Å². The SMILES string of the molecule is CC(C)Oc1ccc(C(C)N2C[C@@H](C)[C@H](C(=O)O)C2)cc1. The van der Waals surface area contributed by atoms with Gasteiger partial charge in [0.1, 0.15) is 5.75 Å². The second-order valence-corrected chi connectivity index (χ2v) is 6.29. The lowest BCUT2D eigenvalue weighted by atomic mass is 9.99. The van der Waals surface area contributed by atoms with E-state index in [2.05, 4.69) is 24.0 Å². The van der Waals surface area contributed by atoms with Gasteiger partial charge in [0.2, 0.25) is 0 Å². The van der Waals surface area contributed by atoms with Crippen molar-refractivity contribution in [2.75, 3.05) is 13.1 Å². The number of hydrogen-bond donors (Lipinski definition) is 1. The molecule has 1 aliphatic rings. The maximum Gasteiger partial charge on any atom is 0.308 e. The fourth-order valence-corrected chi connectivity index (χ4v) is 2.95. The lowest BCUT2D eigenvalue weighted by Crippen LogP contribution is -2.26. The van der Waals surface area contributed by atoms with Gasteiger partial charge < -0.3 is 9.84 Å². The highest BCUT2D eigenvalue weighted by Gasteiger charge is 2.36. The van der Waals surface area contributed by atoms with Gasteiger partial charge in [0.05, 0.1) is 12.0 Å². The Morgan fingerprint density at radius 1 is 1.24 bits per heavy atom. The minimum Gasteiger partial charge on any atom is -0.491 e. The molecule has 1 heterocycles. The highest BCUT2D eigenvalue weighted by atomic mass is 16.5. The molecular weight excluding hydrogens is 266 g/mol. The summed E-state index contributed by atoms with van der Waals surface area (Å²) in [6.07, 6.45) is 0.170. The Morgan fingerprint density at radius 3 is 2.33 bits per heavy atom. The van der Waals surface area contributed by atoms with E-state index in [4.69, 9.17) is 4.74 Å². The fourth-order valence-electron chi connectivity index (χ4n) is 2.95. The molecule has 21 heavy (non-hydrogen) atoms. The smallest absolute Gasteiger partial charge is 0.308 e. The van der Waals surface area contributed by atoms with Crippen LogP contribution in [0.15, 0.2) is 24.3 Å². The van der Waals surface area contributed by atoms with E-state index in [1.807, 2.05) is 32.9 Å². The zero-order valence-electron chi connectivity index (χ0n) is 13.2. The van der Waals surface area contributed by atoms with Crippen molar-refractivity contribution in [3.8, 4) is 5.75 Å². The molecule has 0 bridgehead atoms. The topological polar surface area (TPSA) is 49.8 Å². The van der Waals surface area contributed by atoms with Crippen LogP contribution in [0.2, 0.25) is 0 Å². The second kappa shape index (κ2) is 6.48. The normalized spacial score (nSPS) is 24.2. The van der Waals surface area contributed by atoms with Crippen LogP contribution in [0.5, 0.6) is 5.75 Å². The van der Waals surface area contributed by atoms with Crippen molar-refractivity contribution in [2.45, 2.75) is 39.8 Å². The third-order valence-electron chi connectivity index (χ3n) is 4.24. The highest BCUT2D eigenvalue weighted by molar-refractivity contribution is 5.71. The standard InChI is InChI=1S/C17H25NO3/c1-11(2)21-15-7-5-14(6-8-15)13(4)18-9-12(3)16(10-18)17(19)20/h5-8,11-13,16H,9-10H2,1-4H3,(H,19,20)/t12-,13?,16-/m1/s1. The quantitative estimate of drug-likeness (QED) is 0.905. The molecule has 1 aromatic carbocycles. The molecule has 4 nitrogen and oxygen atoms in total. The number of likely N-dealkylation sites (tertiary alicyclic amines) is 1. The number of aliphatic carboxylic acids is 1. The first kappa shape index (κ1) is 15.8. The summed E-state index contributed by atoms with van der Waals surface area (Å²) in [5, 5.41) is 9.23. The molecule has 1 aliphatic heterocycles. The Kier molecular flexibility index (Phi) is 4.88. The third-order valence-corrected chi connectivity index (χ3v) is 4.24. The van der Waals surface area contributed by atoms with Crippen molar-refractivity contribution in [3.05, 3.63) is 29.8 Å². The Morgan fingerprint density at radius 2 is 1.86 bits per heavy atom. The third kappa shape index (κ3) is 3.76. The lowest BCUT2D eigenvalue weighted by Gasteiger charge is -2.25. The van der Waals surface area contributed by atoms with Crippen molar-refractivity contribution in [1.82, 2.24) is 4.90 Å². The zero-order valence-corrected chi connectivity index (χ0v) is 13.2. The van der Waals surface area contributed by atoms with E-state index in [0.29, 0.717) is 6.54 Å². The predicted molar refractivity (Wildman–Crippen MR) is 82.5 cm³/mol. The number of carboxylic acids is 1. The van der Waals surface area contributed by atoms with Crippen LogP contribution >= 0.6 is 0 Å². The van der Waals surface area contributed by atoms with E-state index >= 15 is 0 Å². The first-order chi connectivity index (χ1) is 9.88. The lowest BCUT2D eigenvalue weighted by molar-refractivity contribution is -0.142. The van der Waals surface area contributed by atoms with Crippen molar-refractivity contribution >= 4 is 5.97 Å². The maximum atomic E-state index is 11.2. The molecular formula is C17H25NO3. The van der Waals surface area contributed by atoms with Crippen molar-refractivity contribution in [2.24, 2.45) is 11.8 Å². The van der Waals surface area contributed by atoms with Gasteiger partial charge in [-0.2, -0.15) is 0 Å². The molecule has 1 saturated heterocycles. The molecule has 3 atom stereocenters. The van der Waals surface area contributed by atoms with Crippen LogP contribution < -0.4 is 4.74 Å². The van der Waals surface area contributed by atoms with Gasteiger partial charge in [0, 0.05) is 19.1 Å². The van der Waals surface area contributed by atoms with Gasteiger partial charge in [-0.15, -0.1) is 0 Å². The molecule has 0 aromatic heterocycles. The summed E-state index contributed by atoms with van der Waals surface area (Å²) in [4.78, 5) is 13.5. The minimum atomic E-state index is -0.683. The monoisotopic (exact) mass is 291 g/mol. The number of rotatable bonds is 5. The van der Waals surface area contributed by atoms with Gasteiger partial charge in [-0.25, -0.2) is 0 Å². The Bertz CT molecular complexity index is 483. The molecule has 1 aromatic rings.